The van der Waals surface area contributed by atoms with Crippen molar-refractivity contribution in [2.75, 3.05) is 17.2 Å². The first-order valence-corrected chi connectivity index (χ1v) is 9.79. The first-order valence-electron chi connectivity index (χ1n) is 8.91. The number of carbonyl (C=O) groups excluding carboxylic acids is 3. The second-order valence-electron chi connectivity index (χ2n) is 6.45. The number of thiophene rings is 1. The maximum absolute atomic E-state index is 12.3. The summed E-state index contributed by atoms with van der Waals surface area (Å²) in [5, 5.41) is 7.27. The summed E-state index contributed by atoms with van der Waals surface area (Å²) in [5.74, 6) is -1.32. The van der Waals surface area contributed by atoms with Gasteiger partial charge in [-0.2, -0.15) is 0 Å². The lowest BCUT2D eigenvalue weighted by Gasteiger charge is -2.10. The van der Waals surface area contributed by atoms with Gasteiger partial charge < -0.3 is 15.4 Å². The summed E-state index contributed by atoms with van der Waals surface area (Å²) >= 11 is 1.33. The van der Waals surface area contributed by atoms with Crippen LogP contribution >= 0.6 is 11.3 Å². The van der Waals surface area contributed by atoms with E-state index in [-0.39, 0.29) is 11.5 Å². The first-order chi connectivity index (χ1) is 13.9. The normalized spacial score (nSPS) is 10.3. The fraction of sp³-hybridized carbons (Fsp3) is 0.136. The van der Waals surface area contributed by atoms with E-state index in [9.17, 15) is 14.4 Å². The summed E-state index contributed by atoms with van der Waals surface area (Å²) < 4.78 is 5.10. The lowest BCUT2D eigenvalue weighted by atomic mass is 10.1. The number of anilines is 2. The molecular weight excluding hydrogens is 388 g/mol. The van der Waals surface area contributed by atoms with Gasteiger partial charge in [0.1, 0.15) is 0 Å². The zero-order valence-electron chi connectivity index (χ0n) is 16.0. The Hall–Kier alpha value is -3.45. The van der Waals surface area contributed by atoms with E-state index in [4.69, 9.17) is 4.74 Å². The number of nitrogens with one attached hydrogen (secondary N) is 2. The summed E-state index contributed by atoms with van der Waals surface area (Å²) in [6.07, 6.45) is 0. The molecular formula is C22H20N2O4S. The first kappa shape index (κ1) is 20.3. The molecule has 2 amide bonds. The number of esters is 1. The van der Waals surface area contributed by atoms with E-state index < -0.39 is 18.5 Å². The van der Waals surface area contributed by atoms with Crippen LogP contribution in [0.15, 0.2) is 60.0 Å². The van der Waals surface area contributed by atoms with Crippen LogP contribution in [-0.2, 0) is 9.53 Å². The Balaban J connectivity index is 1.56. The molecule has 0 bridgehead atoms. The van der Waals surface area contributed by atoms with Crippen molar-refractivity contribution in [2.24, 2.45) is 0 Å². The van der Waals surface area contributed by atoms with Crippen molar-refractivity contribution in [2.45, 2.75) is 13.8 Å². The maximum Gasteiger partial charge on any atom is 0.338 e. The highest BCUT2D eigenvalue weighted by molar-refractivity contribution is 7.12. The molecule has 0 aliphatic carbocycles. The smallest absolute Gasteiger partial charge is 0.338 e. The van der Waals surface area contributed by atoms with Crippen LogP contribution in [0.3, 0.4) is 0 Å². The number of ether oxygens (including phenoxy) is 1. The van der Waals surface area contributed by atoms with E-state index in [1.165, 1.54) is 17.4 Å². The zero-order valence-corrected chi connectivity index (χ0v) is 16.8. The quantitative estimate of drug-likeness (QED) is 0.592. The minimum Gasteiger partial charge on any atom is -0.452 e. The Morgan fingerprint density at radius 2 is 1.79 bits per heavy atom. The molecule has 3 aromatic rings. The van der Waals surface area contributed by atoms with Crippen molar-refractivity contribution < 1.29 is 19.1 Å². The van der Waals surface area contributed by atoms with Gasteiger partial charge in [-0.15, -0.1) is 11.3 Å². The van der Waals surface area contributed by atoms with E-state index in [1.54, 1.807) is 30.3 Å². The molecule has 7 heteroatoms. The summed E-state index contributed by atoms with van der Waals surface area (Å²) in [7, 11) is 0. The number of benzene rings is 2. The van der Waals surface area contributed by atoms with Gasteiger partial charge in [0.15, 0.2) is 6.61 Å². The van der Waals surface area contributed by atoms with E-state index >= 15 is 0 Å². The van der Waals surface area contributed by atoms with Crippen molar-refractivity contribution in [1.82, 2.24) is 0 Å². The van der Waals surface area contributed by atoms with Crippen molar-refractivity contribution in [3.63, 3.8) is 0 Å². The molecule has 0 spiro atoms. The Labute approximate surface area is 172 Å². The summed E-state index contributed by atoms with van der Waals surface area (Å²) in [6.45, 7) is 3.46. The van der Waals surface area contributed by atoms with Crippen LogP contribution in [0, 0.1) is 13.8 Å². The van der Waals surface area contributed by atoms with Crippen LogP contribution in [0.4, 0.5) is 11.4 Å². The van der Waals surface area contributed by atoms with Gasteiger partial charge in [-0.25, -0.2) is 4.79 Å². The number of amides is 2. The predicted octanol–water partition coefficient (Wildman–Crippen LogP) is 4.41. The largest absolute Gasteiger partial charge is 0.452 e. The van der Waals surface area contributed by atoms with Gasteiger partial charge in [-0.1, -0.05) is 29.8 Å². The molecule has 0 atom stereocenters. The lowest BCUT2D eigenvalue weighted by molar-refractivity contribution is -0.119. The van der Waals surface area contributed by atoms with Gasteiger partial charge in [0.05, 0.1) is 10.4 Å². The second kappa shape index (κ2) is 9.16. The minimum absolute atomic E-state index is 0.244. The number of carbonyl (C=O) groups is 3. The van der Waals surface area contributed by atoms with E-state index in [2.05, 4.69) is 10.6 Å². The third-order valence-corrected chi connectivity index (χ3v) is 4.96. The lowest BCUT2D eigenvalue weighted by Crippen LogP contribution is -2.21. The molecule has 2 N–H and O–H groups in total. The second-order valence-corrected chi connectivity index (χ2v) is 7.40. The molecule has 0 saturated heterocycles. The van der Waals surface area contributed by atoms with Crippen molar-refractivity contribution in [3.05, 3.63) is 81.5 Å². The average molecular weight is 408 g/mol. The number of hydrogen-bond acceptors (Lipinski definition) is 5. The zero-order chi connectivity index (χ0) is 20.8. The van der Waals surface area contributed by atoms with Gasteiger partial charge in [-0.05, 0) is 55.1 Å². The molecule has 6 nitrogen and oxygen atoms in total. The maximum atomic E-state index is 12.3. The molecule has 148 valence electrons. The highest BCUT2D eigenvalue weighted by Gasteiger charge is 2.13. The van der Waals surface area contributed by atoms with E-state index in [1.807, 2.05) is 37.4 Å². The Bertz CT molecular complexity index is 1040. The number of hydrogen-bond donors (Lipinski definition) is 2. The molecule has 0 aliphatic rings. The Morgan fingerprint density at radius 3 is 2.52 bits per heavy atom. The topological polar surface area (TPSA) is 84.5 Å². The van der Waals surface area contributed by atoms with Crippen molar-refractivity contribution >= 4 is 40.5 Å². The molecule has 0 radical (unpaired) electrons. The summed E-state index contributed by atoms with van der Waals surface area (Å²) in [6, 6.07) is 15.5. The van der Waals surface area contributed by atoms with E-state index in [0.29, 0.717) is 16.3 Å². The third kappa shape index (κ3) is 5.52. The average Bonchev–Trinajstić information content (AvgIpc) is 3.23. The predicted molar refractivity (Wildman–Crippen MR) is 114 cm³/mol. The third-order valence-electron chi connectivity index (χ3n) is 4.09. The van der Waals surface area contributed by atoms with Gasteiger partial charge in [0.2, 0.25) is 0 Å². The van der Waals surface area contributed by atoms with Crippen molar-refractivity contribution in [3.8, 4) is 0 Å². The number of rotatable bonds is 6. The molecule has 1 aromatic heterocycles. The van der Waals surface area contributed by atoms with Crippen LogP contribution < -0.4 is 10.6 Å². The Morgan fingerprint density at radius 1 is 0.966 bits per heavy atom. The van der Waals surface area contributed by atoms with Crippen LogP contribution in [0.5, 0.6) is 0 Å². The van der Waals surface area contributed by atoms with Gasteiger partial charge in [0, 0.05) is 11.4 Å². The number of aryl methyl sites for hydroxylation is 2. The molecule has 3 rings (SSSR count). The molecule has 29 heavy (non-hydrogen) atoms. The molecule has 0 fully saturated rings. The summed E-state index contributed by atoms with van der Waals surface area (Å²) in [4.78, 5) is 37.0. The van der Waals surface area contributed by atoms with Crippen LogP contribution in [-0.4, -0.2) is 24.4 Å². The molecule has 0 saturated carbocycles. The fourth-order valence-electron chi connectivity index (χ4n) is 2.68. The Kier molecular flexibility index (Phi) is 6.41. The fourth-order valence-corrected chi connectivity index (χ4v) is 3.30. The minimum atomic E-state index is -0.645. The standard InChI is InChI=1S/C22H20N2O4S/c1-14-8-9-18(15(2)11-14)24-20(25)13-28-22(27)16-5-3-6-17(12-16)23-21(26)19-7-4-10-29-19/h3-12H,13H2,1-2H3,(H,23,26)(H,24,25). The molecule has 0 unspecified atom stereocenters. The van der Waals surface area contributed by atoms with Crippen LogP contribution in [0.2, 0.25) is 0 Å². The van der Waals surface area contributed by atoms with E-state index in [0.717, 1.165) is 11.1 Å². The molecule has 2 aromatic carbocycles. The SMILES string of the molecule is Cc1ccc(NC(=O)COC(=O)c2cccc(NC(=O)c3cccs3)c2)c(C)c1. The van der Waals surface area contributed by atoms with Crippen LogP contribution in [0.1, 0.15) is 31.2 Å². The highest BCUT2D eigenvalue weighted by Crippen LogP contribution is 2.17. The molecule has 1 heterocycles. The van der Waals surface area contributed by atoms with Crippen molar-refractivity contribution in [1.29, 1.82) is 0 Å². The monoisotopic (exact) mass is 408 g/mol. The van der Waals surface area contributed by atoms with Gasteiger partial charge in [-0.3, -0.25) is 9.59 Å². The van der Waals surface area contributed by atoms with Gasteiger partial charge in [0.25, 0.3) is 11.8 Å². The summed E-state index contributed by atoms with van der Waals surface area (Å²) in [5.41, 5.74) is 3.41. The van der Waals surface area contributed by atoms with Crippen LogP contribution in [0.25, 0.3) is 0 Å². The molecule has 0 aliphatic heterocycles. The highest BCUT2D eigenvalue weighted by atomic mass is 32.1. The van der Waals surface area contributed by atoms with Gasteiger partial charge >= 0.3 is 5.97 Å².